The van der Waals surface area contributed by atoms with Crippen molar-refractivity contribution in [3.8, 4) is 0 Å². The van der Waals surface area contributed by atoms with Gasteiger partial charge in [-0.3, -0.25) is 4.79 Å². The molecule has 1 aliphatic rings. The number of amides is 1. The molecule has 0 aromatic rings. The fourth-order valence-corrected chi connectivity index (χ4v) is 2.59. The lowest BCUT2D eigenvalue weighted by atomic mass is 9.90. The Hall–Kier alpha value is -0.360. The third-order valence-electron chi connectivity index (χ3n) is 3.66. The number of halogens is 1. The van der Waals surface area contributed by atoms with Crippen molar-refractivity contribution in [2.24, 2.45) is 11.7 Å². The van der Waals surface area contributed by atoms with Crippen molar-refractivity contribution in [2.75, 3.05) is 19.8 Å². The van der Waals surface area contributed by atoms with Gasteiger partial charge in [-0.1, -0.05) is 13.8 Å². The Balaban J connectivity index is 0.00000400. The summed E-state index contributed by atoms with van der Waals surface area (Å²) in [7, 11) is 0. The highest BCUT2D eigenvalue weighted by molar-refractivity contribution is 5.85. The molecule has 3 N–H and O–H groups in total. The lowest BCUT2D eigenvalue weighted by molar-refractivity contribution is -0.135. The van der Waals surface area contributed by atoms with Gasteiger partial charge in [0.25, 0.3) is 0 Å². The van der Waals surface area contributed by atoms with E-state index in [9.17, 15) is 4.79 Å². The Morgan fingerprint density at radius 3 is 2.62 bits per heavy atom. The molecule has 0 aromatic heterocycles. The minimum Gasteiger partial charge on any atom is -0.376 e. The van der Waals surface area contributed by atoms with E-state index in [-0.39, 0.29) is 30.0 Å². The maximum absolute atomic E-state index is 12.2. The molecule has 0 radical (unpaired) electrons. The third-order valence-corrected chi connectivity index (χ3v) is 3.66. The van der Waals surface area contributed by atoms with Crippen LogP contribution in [0.1, 0.15) is 47.0 Å². The molecule has 126 valence electrons. The molecule has 5 nitrogen and oxygen atoms in total. The summed E-state index contributed by atoms with van der Waals surface area (Å²) < 4.78 is 11.1. The van der Waals surface area contributed by atoms with Crippen LogP contribution in [0.5, 0.6) is 0 Å². The van der Waals surface area contributed by atoms with Crippen molar-refractivity contribution in [3.05, 3.63) is 0 Å². The average Bonchev–Trinajstić information content (AvgIpc) is 2.87. The predicted molar refractivity (Wildman–Crippen MR) is 86.7 cm³/mol. The van der Waals surface area contributed by atoms with Crippen LogP contribution in [0.15, 0.2) is 0 Å². The fraction of sp³-hybridized carbons (Fsp3) is 0.933. The quantitative estimate of drug-likeness (QED) is 0.715. The molecule has 0 aliphatic carbocycles. The van der Waals surface area contributed by atoms with E-state index in [2.05, 4.69) is 19.2 Å². The SMILES string of the molecule is CC(C)CC(C)(CN)NC(=O)C(C)OCC1CCCO1.Cl. The highest BCUT2D eigenvalue weighted by Crippen LogP contribution is 2.16. The molecule has 1 rings (SSSR count). The van der Waals surface area contributed by atoms with Crippen molar-refractivity contribution < 1.29 is 14.3 Å². The number of carbonyl (C=O) groups is 1. The number of ether oxygens (including phenoxy) is 2. The van der Waals surface area contributed by atoms with Crippen molar-refractivity contribution >= 4 is 18.3 Å². The first-order chi connectivity index (χ1) is 9.36. The molecule has 6 heteroatoms. The van der Waals surface area contributed by atoms with E-state index < -0.39 is 6.10 Å². The lowest BCUT2D eigenvalue weighted by Crippen LogP contribution is -2.54. The van der Waals surface area contributed by atoms with E-state index in [1.165, 1.54) is 0 Å². The van der Waals surface area contributed by atoms with Crippen LogP contribution < -0.4 is 11.1 Å². The summed E-state index contributed by atoms with van der Waals surface area (Å²) in [4.78, 5) is 12.2. The topological polar surface area (TPSA) is 73.6 Å². The summed E-state index contributed by atoms with van der Waals surface area (Å²) in [5.74, 6) is 0.378. The molecule has 3 unspecified atom stereocenters. The van der Waals surface area contributed by atoms with Gasteiger partial charge in [-0.25, -0.2) is 0 Å². The second-order valence-electron chi connectivity index (χ2n) is 6.46. The number of rotatable bonds is 8. The number of hydrogen-bond acceptors (Lipinski definition) is 4. The van der Waals surface area contributed by atoms with E-state index >= 15 is 0 Å². The van der Waals surface area contributed by atoms with Crippen molar-refractivity contribution in [3.63, 3.8) is 0 Å². The highest BCUT2D eigenvalue weighted by atomic mass is 35.5. The smallest absolute Gasteiger partial charge is 0.249 e. The minimum absolute atomic E-state index is 0. The Labute approximate surface area is 134 Å². The maximum Gasteiger partial charge on any atom is 0.249 e. The van der Waals surface area contributed by atoms with Crippen LogP contribution in [0.2, 0.25) is 0 Å². The van der Waals surface area contributed by atoms with Crippen LogP contribution >= 0.6 is 12.4 Å². The standard InChI is InChI=1S/C15H30N2O3.ClH/c1-11(2)8-15(4,10-16)17-14(18)12(3)20-9-13-6-5-7-19-13;/h11-13H,5-10,16H2,1-4H3,(H,17,18);1H. The molecule has 0 bridgehead atoms. The highest BCUT2D eigenvalue weighted by Gasteiger charge is 2.28. The third kappa shape index (κ3) is 7.45. The first-order valence-corrected chi connectivity index (χ1v) is 7.61. The molecule has 3 atom stereocenters. The first-order valence-electron chi connectivity index (χ1n) is 7.61. The van der Waals surface area contributed by atoms with Gasteiger partial charge in [0.2, 0.25) is 5.91 Å². The van der Waals surface area contributed by atoms with Gasteiger partial charge in [-0.05, 0) is 39.0 Å². The Kier molecular flexibility index (Phi) is 9.45. The summed E-state index contributed by atoms with van der Waals surface area (Å²) in [5, 5.41) is 3.02. The zero-order valence-electron chi connectivity index (χ0n) is 13.7. The number of hydrogen-bond donors (Lipinski definition) is 2. The zero-order chi connectivity index (χ0) is 15.2. The predicted octanol–water partition coefficient (Wildman–Crippen LogP) is 1.87. The molecule has 1 fully saturated rings. The largest absolute Gasteiger partial charge is 0.376 e. The summed E-state index contributed by atoms with van der Waals surface area (Å²) in [6.45, 7) is 9.71. The van der Waals surface area contributed by atoms with Gasteiger partial charge in [-0.15, -0.1) is 12.4 Å². The van der Waals surface area contributed by atoms with Gasteiger partial charge in [0.15, 0.2) is 0 Å². The minimum atomic E-state index is -0.475. The van der Waals surface area contributed by atoms with Crippen LogP contribution in [0, 0.1) is 5.92 Å². The lowest BCUT2D eigenvalue weighted by Gasteiger charge is -2.32. The monoisotopic (exact) mass is 322 g/mol. The normalized spacial score (nSPS) is 22.5. The van der Waals surface area contributed by atoms with Gasteiger partial charge in [0.1, 0.15) is 6.10 Å². The van der Waals surface area contributed by atoms with E-state index in [0.29, 0.717) is 19.1 Å². The van der Waals surface area contributed by atoms with Gasteiger partial charge >= 0.3 is 0 Å². The van der Waals surface area contributed by atoms with Crippen molar-refractivity contribution in [2.45, 2.75) is 64.7 Å². The first kappa shape index (κ1) is 20.6. The molecule has 0 saturated carbocycles. The molecule has 0 spiro atoms. The molecule has 21 heavy (non-hydrogen) atoms. The van der Waals surface area contributed by atoms with Crippen LogP contribution in [0.4, 0.5) is 0 Å². The van der Waals surface area contributed by atoms with Crippen LogP contribution in [-0.2, 0) is 14.3 Å². The summed E-state index contributed by atoms with van der Waals surface area (Å²) >= 11 is 0. The Morgan fingerprint density at radius 2 is 2.14 bits per heavy atom. The van der Waals surface area contributed by atoms with Crippen LogP contribution in [0.3, 0.4) is 0 Å². The molecule has 1 amide bonds. The number of carbonyl (C=O) groups excluding carboxylic acids is 1. The van der Waals surface area contributed by atoms with Gasteiger partial charge in [0.05, 0.1) is 12.7 Å². The van der Waals surface area contributed by atoms with E-state index in [4.69, 9.17) is 15.2 Å². The molecular formula is C15H31ClN2O3. The molecule has 1 saturated heterocycles. The van der Waals surface area contributed by atoms with Crippen LogP contribution in [0.25, 0.3) is 0 Å². The van der Waals surface area contributed by atoms with Gasteiger partial charge < -0.3 is 20.5 Å². The average molecular weight is 323 g/mol. The summed E-state index contributed by atoms with van der Waals surface area (Å²) in [6, 6.07) is 0. The van der Waals surface area contributed by atoms with Crippen molar-refractivity contribution in [1.29, 1.82) is 0 Å². The second-order valence-corrected chi connectivity index (χ2v) is 6.46. The number of nitrogens with one attached hydrogen (secondary N) is 1. The van der Waals surface area contributed by atoms with E-state index in [0.717, 1.165) is 25.9 Å². The molecule has 0 aromatic carbocycles. The summed E-state index contributed by atoms with van der Waals surface area (Å²) in [5.41, 5.74) is 5.43. The van der Waals surface area contributed by atoms with E-state index in [1.54, 1.807) is 6.92 Å². The number of nitrogens with two attached hydrogens (primary N) is 1. The summed E-state index contributed by atoms with van der Waals surface area (Å²) in [6.07, 6.45) is 2.61. The fourth-order valence-electron chi connectivity index (χ4n) is 2.59. The maximum atomic E-state index is 12.2. The van der Waals surface area contributed by atoms with Gasteiger partial charge in [0, 0.05) is 18.7 Å². The van der Waals surface area contributed by atoms with Crippen LogP contribution in [-0.4, -0.2) is 43.4 Å². The zero-order valence-corrected chi connectivity index (χ0v) is 14.5. The second kappa shape index (κ2) is 9.62. The van der Waals surface area contributed by atoms with Gasteiger partial charge in [-0.2, -0.15) is 0 Å². The molecule has 1 aliphatic heterocycles. The van der Waals surface area contributed by atoms with Crippen molar-refractivity contribution in [1.82, 2.24) is 5.32 Å². The Bertz CT molecular complexity index is 309. The van der Waals surface area contributed by atoms with E-state index in [1.807, 2.05) is 6.92 Å². The Morgan fingerprint density at radius 1 is 1.48 bits per heavy atom. The molecular weight excluding hydrogens is 292 g/mol. The molecule has 1 heterocycles.